The summed E-state index contributed by atoms with van der Waals surface area (Å²) in [6.45, 7) is 0. The number of carbonyl (C=O) groups excluding carboxylic acids is 1. The molecule has 1 amide bonds. The lowest BCUT2D eigenvalue weighted by Gasteiger charge is -2.09. The number of nitrogen functional groups attached to an aromatic ring is 1. The van der Waals surface area contributed by atoms with Crippen LogP contribution in [-0.4, -0.2) is 13.0 Å². The maximum absolute atomic E-state index is 11.8. The van der Waals surface area contributed by atoms with Gasteiger partial charge in [0.15, 0.2) is 0 Å². The van der Waals surface area contributed by atoms with Crippen molar-refractivity contribution in [3.05, 3.63) is 59.7 Å². The molecule has 3 nitrogen and oxygen atoms in total. The summed E-state index contributed by atoms with van der Waals surface area (Å²) in [4.78, 5) is 12.7. The van der Waals surface area contributed by atoms with E-state index in [2.05, 4.69) is 17.4 Å². The van der Waals surface area contributed by atoms with Crippen LogP contribution in [0, 0.1) is 0 Å². The van der Waals surface area contributed by atoms with Crippen LogP contribution in [0.4, 0.5) is 5.69 Å². The largest absolute Gasteiger partial charge is 0.399 e. The minimum atomic E-state index is -0.0874. The lowest BCUT2D eigenvalue weighted by Crippen LogP contribution is -2.18. The number of nitrogens with two attached hydrogens (primary N) is 1. The summed E-state index contributed by atoms with van der Waals surface area (Å²) in [5.41, 5.74) is 8.35. The molecule has 0 unspecified atom stereocenters. The van der Waals surface area contributed by atoms with Gasteiger partial charge in [-0.05, 0) is 23.8 Å². The first kappa shape index (κ1) is 13.5. The van der Waals surface area contributed by atoms with E-state index in [0.717, 1.165) is 10.6 Å². The summed E-state index contributed by atoms with van der Waals surface area (Å²) in [6.07, 6.45) is 0. The number of benzene rings is 2. The Balaban J connectivity index is 2.19. The molecule has 0 radical (unpaired) electrons. The summed E-state index contributed by atoms with van der Waals surface area (Å²) in [5.74, 6) is 0.726. The van der Waals surface area contributed by atoms with Crippen LogP contribution in [0.25, 0.3) is 0 Å². The van der Waals surface area contributed by atoms with Gasteiger partial charge in [0.05, 0.1) is 5.56 Å². The van der Waals surface area contributed by atoms with Gasteiger partial charge in [-0.2, -0.15) is 0 Å². The van der Waals surface area contributed by atoms with E-state index in [0.29, 0.717) is 11.3 Å². The first-order valence-electron chi connectivity index (χ1n) is 5.99. The molecule has 19 heavy (non-hydrogen) atoms. The first-order valence-corrected chi connectivity index (χ1v) is 6.97. The Labute approximate surface area is 117 Å². The second-order valence-electron chi connectivity index (χ2n) is 4.11. The second kappa shape index (κ2) is 6.29. The van der Waals surface area contributed by atoms with Crippen molar-refractivity contribution in [2.75, 3.05) is 12.8 Å². The molecule has 2 rings (SSSR count). The van der Waals surface area contributed by atoms with Gasteiger partial charge in [-0.25, -0.2) is 0 Å². The number of amides is 1. The van der Waals surface area contributed by atoms with Crippen molar-refractivity contribution in [2.24, 2.45) is 0 Å². The Hall–Kier alpha value is -1.94. The van der Waals surface area contributed by atoms with Crippen LogP contribution >= 0.6 is 11.8 Å². The number of hydrogen-bond acceptors (Lipinski definition) is 3. The van der Waals surface area contributed by atoms with E-state index in [1.165, 1.54) is 5.56 Å². The summed E-state index contributed by atoms with van der Waals surface area (Å²) in [7, 11) is 1.63. The van der Waals surface area contributed by atoms with Crippen molar-refractivity contribution in [1.82, 2.24) is 5.32 Å². The molecule has 0 saturated carbocycles. The van der Waals surface area contributed by atoms with E-state index in [4.69, 9.17) is 5.73 Å². The molecule has 0 aliphatic carbocycles. The molecular weight excluding hydrogens is 256 g/mol. The van der Waals surface area contributed by atoms with Gasteiger partial charge in [-0.15, -0.1) is 11.8 Å². The SMILES string of the molecule is CNC(=O)c1ccc(N)cc1SCc1ccccc1. The van der Waals surface area contributed by atoms with Gasteiger partial charge < -0.3 is 11.1 Å². The first-order chi connectivity index (χ1) is 9.20. The molecule has 4 heteroatoms. The third-order valence-electron chi connectivity index (χ3n) is 2.71. The van der Waals surface area contributed by atoms with Gasteiger partial charge in [0.2, 0.25) is 0 Å². The molecule has 98 valence electrons. The molecule has 0 spiro atoms. The summed E-state index contributed by atoms with van der Waals surface area (Å²) in [5, 5.41) is 2.65. The van der Waals surface area contributed by atoms with E-state index in [-0.39, 0.29) is 5.91 Å². The lowest BCUT2D eigenvalue weighted by atomic mass is 10.2. The highest BCUT2D eigenvalue weighted by atomic mass is 32.2. The monoisotopic (exact) mass is 272 g/mol. The van der Waals surface area contributed by atoms with Crippen LogP contribution in [0.2, 0.25) is 0 Å². The van der Waals surface area contributed by atoms with E-state index in [9.17, 15) is 4.79 Å². The van der Waals surface area contributed by atoms with Crippen LogP contribution in [0.5, 0.6) is 0 Å². The zero-order valence-electron chi connectivity index (χ0n) is 10.7. The van der Waals surface area contributed by atoms with Crippen LogP contribution in [0.1, 0.15) is 15.9 Å². The maximum atomic E-state index is 11.8. The molecule has 0 heterocycles. The molecule has 0 fully saturated rings. The van der Waals surface area contributed by atoms with E-state index >= 15 is 0 Å². The number of rotatable bonds is 4. The molecule has 0 bridgehead atoms. The van der Waals surface area contributed by atoms with E-state index < -0.39 is 0 Å². The van der Waals surface area contributed by atoms with Gasteiger partial charge in [0.1, 0.15) is 0 Å². The normalized spacial score (nSPS) is 10.2. The molecule has 0 aliphatic rings. The Kier molecular flexibility index (Phi) is 4.47. The number of anilines is 1. The molecule has 2 aromatic rings. The molecule has 0 aliphatic heterocycles. The highest BCUT2D eigenvalue weighted by molar-refractivity contribution is 7.98. The average Bonchev–Trinajstić information content (AvgIpc) is 2.45. The summed E-state index contributed by atoms with van der Waals surface area (Å²) < 4.78 is 0. The van der Waals surface area contributed by atoms with Gasteiger partial charge in [0.25, 0.3) is 5.91 Å². The smallest absolute Gasteiger partial charge is 0.252 e. The highest BCUT2D eigenvalue weighted by Crippen LogP contribution is 2.28. The minimum Gasteiger partial charge on any atom is -0.399 e. The molecule has 0 atom stereocenters. The van der Waals surface area contributed by atoms with Crippen LogP contribution in [0.3, 0.4) is 0 Å². The molecular formula is C15H16N2OS. The average molecular weight is 272 g/mol. The Morgan fingerprint density at radius 2 is 1.95 bits per heavy atom. The number of carbonyl (C=O) groups is 1. The fourth-order valence-electron chi connectivity index (χ4n) is 1.72. The highest BCUT2D eigenvalue weighted by Gasteiger charge is 2.10. The predicted octanol–water partition coefficient (Wildman–Crippen LogP) is 2.92. The third-order valence-corrected chi connectivity index (χ3v) is 3.84. The molecule has 0 saturated heterocycles. The lowest BCUT2D eigenvalue weighted by molar-refractivity contribution is 0.0960. The molecule has 2 aromatic carbocycles. The zero-order chi connectivity index (χ0) is 13.7. The quantitative estimate of drug-likeness (QED) is 0.664. The van der Waals surface area contributed by atoms with E-state index in [1.54, 1.807) is 30.9 Å². The second-order valence-corrected chi connectivity index (χ2v) is 5.13. The summed E-state index contributed by atoms with van der Waals surface area (Å²) in [6, 6.07) is 15.5. The van der Waals surface area contributed by atoms with Gasteiger partial charge in [-0.3, -0.25) is 4.79 Å². The van der Waals surface area contributed by atoms with Crippen LogP contribution < -0.4 is 11.1 Å². The number of hydrogen-bond donors (Lipinski definition) is 2. The molecule has 3 N–H and O–H groups in total. The van der Waals surface area contributed by atoms with E-state index in [1.807, 2.05) is 24.3 Å². The summed E-state index contributed by atoms with van der Waals surface area (Å²) >= 11 is 1.62. The fourth-order valence-corrected chi connectivity index (χ4v) is 2.77. The Bertz CT molecular complexity index is 570. The predicted molar refractivity (Wildman–Crippen MR) is 80.2 cm³/mol. The Morgan fingerprint density at radius 1 is 1.21 bits per heavy atom. The van der Waals surface area contributed by atoms with Crippen molar-refractivity contribution in [3.63, 3.8) is 0 Å². The van der Waals surface area contributed by atoms with Crippen molar-refractivity contribution in [1.29, 1.82) is 0 Å². The van der Waals surface area contributed by atoms with Gasteiger partial charge in [-0.1, -0.05) is 30.3 Å². The standard InChI is InChI=1S/C15H16N2OS/c1-17-15(18)13-8-7-12(16)9-14(13)19-10-11-5-3-2-4-6-11/h2-9H,10,16H2,1H3,(H,17,18). The van der Waals surface area contributed by atoms with Crippen molar-refractivity contribution in [2.45, 2.75) is 10.6 Å². The fraction of sp³-hybridized carbons (Fsp3) is 0.133. The number of nitrogens with one attached hydrogen (secondary N) is 1. The number of thioether (sulfide) groups is 1. The topological polar surface area (TPSA) is 55.1 Å². The Morgan fingerprint density at radius 3 is 2.63 bits per heavy atom. The van der Waals surface area contributed by atoms with Gasteiger partial charge in [0, 0.05) is 23.4 Å². The van der Waals surface area contributed by atoms with Crippen molar-refractivity contribution < 1.29 is 4.79 Å². The minimum absolute atomic E-state index is 0.0874. The molecule has 0 aromatic heterocycles. The van der Waals surface area contributed by atoms with Crippen LogP contribution in [0.15, 0.2) is 53.4 Å². The zero-order valence-corrected chi connectivity index (χ0v) is 11.5. The van der Waals surface area contributed by atoms with Crippen molar-refractivity contribution >= 4 is 23.4 Å². The van der Waals surface area contributed by atoms with Gasteiger partial charge >= 0.3 is 0 Å². The maximum Gasteiger partial charge on any atom is 0.252 e. The van der Waals surface area contributed by atoms with Crippen molar-refractivity contribution in [3.8, 4) is 0 Å². The van der Waals surface area contributed by atoms with Crippen LogP contribution in [-0.2, 0) is 5.75 Å². The third kappa shape index (κ3) is 3.51.